The van der Waals surface area contributed by atoms with E-state index in [4.69, 9.17) is 5.11 Å². The molecule has 0 bridgehead atoms. The highest BCUT2D eigenvalue weighted by molar-refractivity contribution is 5.96. The normalized spacial score (nSPS) is 14.4. The summed E-state index contributed by atoms with van der Waals surface area (Å²) in [6.07, 6.45) is 6.14. The van der Waals surface area contributed by atoms with E-state index in [2.05, 4.69) is 22.8 Å². The third kappa shape index (κ3) is 7.96. The average molecular weight is 535 g/mol. The molecule has 0 aliphatic heterocycles. The lowest BCUT2D eigenvalue weighted by molar-refractivity contribution is -0.136. The molecule has 6 nitrogen and oxygen atoms in total. The molecule has 1 unspecified atom stereocenters. The number of aliphatic carboxylic acids is 1. The Kier molecular flexibility index (Phi) is 9.41. The second-order valence-electron chi connectivity index (χ2n) is 10.0. The highest BCUT2D eigenvalue weighted by Gasteiger charge is 2.23. The molecule has 4 rings (SSSR count). The molecule has 3 N–H and O–H groups in total. The maximum absolute atomic E-state index is 13.7. The molecule has 1 atom stereocenters. The summed E-state index contributed by atoms with van der Waals surface area (Å²) in [5, 5.41) is 13.9. The van der Waals surface area contributed by atoms with Crippen LogP contribution in [0, 0.1) is 11.6 Å². The number of carboxylic acids is 1. The standard InChI is InChI=1S/C31H32F2N2O4/c32-25-17-26(33)19-27(18-25)35-31(39)28(23-12-10-22(11-13-23)21-4-2-1-3-5-21)16-20-6-8-24(9-7-20)30(38)34-15-14-29(36)37/h6-13,17-19,21,28H,1-5,14-16H2,(H,34,38)(H,35,39)(H,36,37). The zero-order chi connectivity index (χ0) is 27.8. The fraction of sp³-hybridized carbons (Fsp3) is 0.323. The van der Waals surface area contributed by atoms with Crippen molar-refractivity contribution in [3.8, 4) is 0 Å². The fourth-order valence-corrected chi connectivity index (χ4v) is 5.07. The molecule has 2 amide bonds. The largest absolute Gasteiger partial charge is 0.481 e. The van der Waals surface area contributed by atoms with Crippen LogP contribution in [-0.4, -0.2) is 29.4 Å². The van der Waals surface area contributed by atoms with Crippen molar-refractivity contribution in [2.75, 3.05) is 11.9 Å². The first-order valence-electron chi connectivity index (χ1n) is 13.2. The Hall–Kier alpha value is -4.07. The smallest absolute Gasteiger partial charge is 0.305 e. The van der Waals surface area contributed by atoms with Gasteiger partial charge in [0.05, 0.1) is 12.3 Å². The summed E-state index contributed by atoms with van der Waals surface area (Å²) >= 11 is 0. The minimum Gasteiger partial charge on any atom is -0.481 e. The van der Waals surface area contributed by atoms with E-state index in [0.717, 1.165) is 42.2 Å². The van der Waals surface area contributed by atoms with E-state index in [9.17, 15) is 23.2 Å². The van der Waals surface area contributed by atoms with Crippen LogP contribution in [0.1, 0.15) is 77.4 Å². The van der Waals surface area contributed by atoms with E-state index in [1.54, 1.807) is 24.3 Å². The average Bonchev–Trinajstić information content (AvgIpc) is 2.92. The number of rotatable bonds is 10. The van der Waals surface area contributed by atoms with Crippen molar-refractivity contribution in [3.05, 3.63) is 101 Å². The third-order valence-corrected chi connectivity index (χ3v) is 7.14. The van der Waals surface area contributed by atoms with Crippen molar-refractivity contribution in [2.24, 2.45) is 0 Å². The Labute approximate surface area is 226 Å². The Balaban J connectivity index is 1.53. The number of carbonyl (C=O) groups excluding carboxylic acids is 2. The van der Waals surface area contributed by atoms with Crippen LogP contribution in [0.4, 0.5) is 14.5 Å². The number of hydrogen-bond acceptors (Lipinski definition) is 3. The predicted molar refractivity (Wildman–Crippen MR) is 145 cm³/mol. The lowest BCUT2D eigenvalue weighted by Gasteiger charge is -2.23. The highest BCUT2D eigenvalue weighted by atomic mass is 19.1. The lowest BCUT2D eigenvalue weighted by Crippen LogP contribution is -2.26. The van der Waals surface area contributed by atoms with Crippen LogP contribution in [0.15, 0.2) is 66.7 Å². The quantitative estimate of drug-likeness (QED) is 0.289. The molecule has 0 spiro atoms. The molecule has 0 radical (unpaired) electrons. The van der Waals surface area contributed by atoms with Crippen LogP contribution in [0.25, 0.3) is 0 Å². The van der Waals surface area contributed by atoms with Crippen LogP contribution in [-0.2, 0) is 16.0 Å². The van der Waals surface area contributed by atoms with Crippen LogP contribution in [0.3, 0.4) is 0 Å². The lowest BCUT2D eigenvalue weighted by atomic mass is 9.83. The van der Waals surface area contributed by atoms with E-state index >= 15 is 0 Å². The molecular formula is C31H32F2N2O4. The first-order valence-corrected chi connectivity index (χ1v) is 13.2. The van der Waals surface area contributed by atoms with Gasteiger partial charge >= 0.3 is 5.97 Å². The summed E-state index contributed by atoms with van der Waals surface area (Å²) in [7, 11) is 0. The van der Waals surface area contributed by atoms with Gasteiger partial charge in [0.2, 0.25) is 5.91 Å². The molecule has 39 heavy (non-hydrogen) atoms. The van der Waals surface area contributed by atoms with Crippen LogP contribution in [0.2, 0.25) is 0 Å². The van der Waals surface area contributed by atoms with Crippen molar-refractivity contribution in [1.82, 2.24) is 5.32 Å². The molecule has 0 saturated heterocycles. The second-order valence-corrected chi connectivity index (χ2v) is 10.0. The Morgan fingerprint density at radius 1 is 0.872 bits per heavy atom. The maximum atomic E-state index is 13.7. The number of carboxylic acid groups (broad SMARTS) is 1. The molecule has 8 heteroatoms. The zero-order valence-electron chi connectivity index (χ0n) is 21.6. The predicted octanol–water partition coefficient (Wildman–Crippen LogP) is 6.18. The van der Waals surface area contributed by atoms with E-state index in [-0.39, 0.29) is 24.6 Å². The molecule has 1 aliphatic carbocycles. The second kappa shape index (κ2) is 13.1. The van der Waals surface area contributed by atoms with E-state index in [0.29, 0.717) is 17.9 Å². The summed E-state index contributed by atoms with van der Waals surface area (Å²) < 4.78 is 27.5. The SMILES string of the molecule is O=C(O)CCNC(=O)c1ccc(CC(C(=O)Nc2cc(F)cc(F)c2)c2ccc(C3CCCCC3)cc2)cc1. The zero-order valence-corrected chi connectivity index (χ0v) is 21.6. The van der Waals surface area contributed by atoms with Crippen molar-refractivity contribution in [2.45, 2.75) is 56.8 Å². The van der Waals surface area contributed by atoms with Crippen molar-refractivity contribution < 1.29 is 28.3 Å². The van der Waals surface area contributed by atoms with Gasteiger partial charge in [0.15, 0.2) is 0 Å². The molecule has 204 valence electrons. The van der Waals surface area contributed by atoms with Gasteiger partial charge < -0.3 is 15.7 Å². The van der Waals surface area contributed by atoms with Gasteiger partial charge in [-0.25, -0.2) is 8.78 Å². The molecule has 3 aromatic carbocycles. The number of benzene rings is 3. The van der Waals surface area contributed by atoms with Crippen LogP contribution in [0.5, 0.6) is 0 Å². The summed E-state index contributed by atoms with van der Waals surface area (Å²) in [5.41, 5.74) is 3.23. The van der Waals surface area contributed by atoms with Crippen molar-refractivity contribution >= 4 is 23.5 Å². The van der Waals surface area contributed by atoms with E-state index in [1.807, 2.05) is 12.1 Å². The van der Waals surface area contributed by atoms with Gasteiger partial charge in [-0.2, -0.15) is 0 Å². The summed E-state index contributed by atoms with van der Waals surface area (Å²) in [4.78, 5) is 36.4. The van der Waals surface area contributed by atoms with Gasteiger partial charge in [0.1, 0.15) is 11.6 Å². The van der Waals surface area contributed by atoms with Gasteiger partial charge in [0, 0.05) is 23.9 Å². The molecule has 0 aromatic heterocycles. The number of nitrogens with one attached hydrogen (secondary N) is 2. The Morgan fingerprint density at radius 2 is 1.51 bits per heavy atom. The monoisotopic (exact) mass is 534 g/mol. The topological polar surface area (TPSA) is 95.5 Å². The van der Waals surface area contributed by atoms with E-state index < -0.39 is 29.4 Å². The third-order valence-electron chi connectivity index (χ3n) is 7.14. The van der Waals surface area contributed by atoms with Gasteiger partial charge in [-0.3, -0.25) is 14.4 Å². The number of carbonyl (C=O) groups is 3. The molecule has 0 heterocycles. The Bertz CT molecular complexity index is 1280. The van der Waals surface area contributed by atoms with Gasteiger partial charge in [-0.15, -0.1) is 0 Å². The molecule has 1 fully saturated rings. The van der Waals surface area contributed by atoms with Gasteiger partial charge in [0.25, 0.3) is 5.91 Å². The van der Waals surface area contributed by atoms with Crippen molar-refractivity contribution in [1.29, 1.82) is 0 Å². The summed E-state index contributed by atoms with van der Waals surface area (Å²) in [5.74, 6) is -3.48. The maximum Gasteiger partial charge on any atom is 0.305 e. The van der Waals surface area contributed by atoms with E-state index in [1.165, 1.54) is 24.8 Å². The summed E-state index contributed by atoms with van der Waals surface area (Å²) in [6, 6.07) is 17.6. The minimum atomic E-state index is -0.997. The minimum absolute atomic E-state index is 0.0235. The number of amides is 2. The first kappa shape index (κ1) is 28.0. The summed E-state index contributed by atoms with van der Waals surface area (Å²) in [6.45, 7) is 0.0235. The molecule has 3 aromatic rings. The molecular weight excluding hydrogens is 502 g/mol. The van der Waals surface area contributed by atoms with Gasteiger partial charge in [-0.1, -0.05) is 55.7 Å². The number of halogens is 2. The number of anilines is 1. The molecule has 1 aliphatic rings. The van der Waals surface area contributed by atoms with Gasteiger partial charge in [-0.05, 0) is 66.1 Å². The number of hydrogen-bond donors (Lipinski definition) is 3. The fourth-order valence-electron chi connectivity index (χ4n) is 5.07. The first-order chi connectivity index (χ1) is 18.8. The van der Waals surface area contributed by atoms with Crippen molar-refractivity contribution in [3.63, 3.8) is 0 Å². The Morgan fingerprint density at radius 3 is 2.13 bits per heavy atom. The van der Waals surface area contributed by atoms with Crippen LogP contribution >= 0.6 is 0 Å². The highest BCUT2D eigenvalue weighted by Crippen LogP contribution is 2.34. The molecule has 1 saturated carbocycles. The van der Waals surface area contributed by atoms with Crippen LogP contribution < -0.4 is 10.6 Å².